The highest BCUT2D eigenvalue weighted by Crippen LogP contribution is 2.21. The molecule has 1 aromatic carbocycles. The highest BCUT2D eigenvalue weighted by molar-refractivity contribution is 9.10. The van der Waals surface area contributed by atoms with Gasteiger partial charge in [-0.3, -0.25) is 4.79 Å². The Kier molecular flexibility index (Phi) is 3.99. The number of carbonyl (C=O) groups excluding carboxylic acids is 1. The normalized spacial score (nSPS) is 10.2. The lowest BCUT2D eigenvalue weighted by molar-refractivity contribution is 0.102. The number of nitrogens with zero attached hydrogens (tertiary/aromatic N) is 1. The number of aryl methyl sites for hydroxylation is 1. The molecule has 0 fully saturated rings. The average molecular weight is 326 g/mol. The van der Waals surface area contributed by atoms with Crippen molar-refractivity contribution >= 4 is 39.1 Å². The van der Waals surface area contributed by atoms with Crippen molar-refractivity contribution in [3.05, 3.63) is 57.3 Å². The number of pyridine rings is 1. The van der Waals surface area contributed by atoms with Gasteiger partial charge in [-0.1, -0.05) is 17.7 Å². The van der Waals surface area contributed by atoms with Crippen LogP contribution in [0.5, 0.6) is 0 Å². The first-order chi connectivity index (χ1) is 8.58. The fourth-order valence-corrected chi connectivity index (χ4v) is 2.04. The predicted molar refractivity (Wildman–Crippen MR) is 76.1 cm³/mol. The number of halogens is 2. The zero-order valence-corrected chi connectivity index (χ0v) is 11.9. The van der Waals surface area contributed by atoms with E-state index in [-0.39, 0.29) is 5.91 Å². The lowest BCUT2D eigenvalue weighted by Crippen LogP contribution is -2.13. The first-order valence-corrected chi connectivity index (χ1v) is 6.43. The third-order valence-corrected chi connectivity index (χ3v) is 3.47. The molecule has 92 valence electrons. The summed E-state index contributed by atoms with van der Waals surface area (Å²) in [6, 6.07) is 8.79. The summed E-state index contributed by atoms with van der Waals surface area (Å²) in [6.07, 6.45) is 1.61. The van der Waals surface area contributed by atoms with E-state index < -0.39 is 0 Å². The van der Waals surface area contributed by atoms with Gasteiger partial charge in [-0.05, 0) is 52.7 Å². The van der Waals surface area contributed by atoms with Crippen LogP contribution in [0.15, 0.2) is 41.1 Å². The Labute approximate surface area is 118 Å². The van der Waals surface area contributed by atoms with Crippen molar-refractivity contribution < 1.29 is 4.79 Å². The molecule has 2 aromatic rings. The summed E-state index contributed by atoms with van der Waals surface area (Å²) in [5.74, 6) is -0.227. The van der Waals surface area contributed by atoms with E-state index >= 15 is 0 Å². The molecule has 5 heteroatoms. The van der Waals surface area contributed by atoms with E-state index in [9.17, 15) is 4.79 Å². The van der Waals surface area contributed by atoms with Gasteiger partial charge in [-0.2, -0.15) is 0 Å². The van der Waals surface area contributed by atoms with Crippen LogP contribution in [-0.2, 0) is 0 Å². The second kappa shape index (κ2) is 5.50. The first-order valence-electron chi connectivity index (χ1n) is 5.26. The van der Waals surface area contributed by atoms with Crippen molar-refractivity contribution in [3.8, 4) is 0 Å². The van der Waals surface area contributed by atoms with Gasteiger partial charge in [0.1, 0.15) is 4.60 Å². The zero-order valence-electron chi connectivity index (χ0n) is 9.58. The summed E-state index contributed by atoms with van der Waals surface area (Å²) < 4.78 is 0.515. The summed E-state index contributed by atoms with van der Waals surface area (Å²) in [7, 11) is 0. The third kappa shape index (κ3) is 2.89. The van der Waals surface area contributed by atoms with Crippen molar-refractivity contribution in [3.63, 3.8) is 0 Å². The van der Waals surface area contributed by atoms with Crippen molar-refractivity contribution in [2.24, 2.45) is 0 Å². The van der Waals surface area contributed by atoms with Gasteiger partial charge < -0.3 is 5.32 Å². The van der Waals surface area contributed by atoms with Crippen LogP contribution >= 0.6 is 27.5 Å². The minimum Gasteiger partial charge on any atom is -0.322 e. The van der Waals surface area contributed by atoms with Gasteiger partial charge in [0.15, 0.2) is 0 Å². The maximum Gasteiger partial charge on any atom is 0.258 e. The number of nitrogens with one attached hydrogen (secondary N) is 1. The molecule has 0 aliphatic heterocycles. The van der Waals surface area contributed by atoms with Crippen LogP contribution in [-0.4, -0.2) is 10.9 Å². The summed E-state index contributed by atoms with van der Waals surface area (Å²) in [6.45, 7) is 1.91. The minimum atomic E-state index is -0.227. The van der Waals surface area contributed by atoms with Crippen LogP contribution in [0.25, 0.3) is 0 Å². The number of amides is 1. The van der Waals surface area contributed by atoms with Gasteiger partial charge in [0, 0.05) is 16.9 Å². The Morgan fingerprint density at radius 1 is 1.39 bits per heavy atom. The maximum atomic E-state index is 12.0. The Morgan fingerprint density at radius 2 is 2.17 bits per heavy atom. The van der Waals surface area contributed by atoms with Gasteiger partial charge in [-0.15, -0.1) is 0 Å². The number of hydrogen-bond donors (Lipinski definition) is 1. The molecule has 0 aliphatic carbocycles. The summed E-state index contributed by atoms with van der Waals surface area (Å²) >= 11 is 9.24. The molecule has 1 N–H and O–H groups in total. The van der Waals surface area contributed by atoms with E-state index in [1.54, 1.807) is 24.4 Å². The van der Waals surface area contributed by atoms with E-state index in [0.717, 1.165) is 5.56 Å². The van der Waals surface area contributed by atoms with Crippen LogP contribution in [0.3, 0.4) is 0 Å². The Morgan fingerprint density at radius 3 is 2.83 bits per heavy atom. The molecule has 0 atom stereocenters. The topological polar surface area (TPSA) is 42.0 Å². The molecule has 0 bridgehead atoms. The monoisotopic (exact) mass is 324 g/mol. The van der Waals surface area contributed by atoms with Crippen molar-refractivity contribution in [1.29, 1.82) is 0 Å². The molecule has 1 amide bonds. The van der Waals surface area contributed by atoms with E-state index in [1.807, 2.05) is 19.1 Å². The van der Waals surface area contributed by atoms with Crippen LogP contribution in [0.2, 0.25) is 5.02 Å². The molecule has 0 spiro atoms. The molecule has 0 radical (unpaired) electrons. The highest BCUT2D eigenvalue weighted by Gasteiger charge is 2.10. The van der Waals surface area contributed by atoms with Crippen molar-refractivity contribution in [2.75, 3.05) is 5.32 Å². The standard InChI is InChI=1S/C13H10BrClN2O/c1-8-4-5-9(7-11(8)15)17-13(18)10-3-2-6-16-12(10)14/h2-7H,1H3,(H,17,18). The number of rotatable bonds is 2. The van der Waals surface area contributed by atoms with Gasteiger partial charge in [0.05, 0.1) is 5.56 Å². The number of hydrogen-bond acceptors (Lipinski definition) is 2. The second-order valence-corrected chi connectivity index (χ2v) is 4.92. The van der Waals surface area contributed by atoms with Crippen LogP contribution in [0.4, 0.5) is 5.69 Å². The fourth-order valence-electron chi connectivity index (χ4n) is 1.42. The number of carbonyl (C=O) groups is 1. The Hall–Kier alpha value is -1.39. The molecule has 0 aliphatic rings. The van der Waals surface area contributed by atoms with Gasteiger partial charge in [0.25, 0.3) is 5.91 Å². The largest absolute Gasteiger partial charge is 0.322 e. The minimum absolute atomic E-state index is 0.227. The molecule has 2 rings (SSSR count). The van der Waals surface area contributed by atoms with Gasteiger partial charge in [-0.25, -0.2) is 4.98 Å². The molecule has 0 saturated carbocycles. The fraction of sp³-hybridized carbons (Fsp3) is 0.0769. The lowest BCUT2D eigenvalue weighted by atomic mass is 10.2. The van der Waals surface area contributed by atoms with Crippen LogP contribution < -0.4 is 5.32 Å². The van der Waals surface area contributed by atoms with E-state index in [1.165, 1.54) is 0 Å². The molecule has 1 heterocycles. The lowest BCUT2D eigenvalue weighted by Gasteiger charge is -2.07. The molecule has 18 heavy (non-hydrogen) atoms. The Balaban J connectivity index is 2.22. The quantitative estimate of drug-likeness (QED) is 0.846. The molecular formula is C13H10BrClN2O. The van der Waals surface area contributed by atoms with E-state index in [2.05, 4.69) is 26.2 Å². The molecule has 1 aromatic heterocycles. The van der Waals surface area contributed by atoms with E-state index in [4.69, 9.17) is 11.6 Å². The first kappa shape index (κ1) is 13.1. The van der Waals surface area contributed by atoms with Crippen LogP contribution in [0.1, 0.15) is 15.9 Å². The van der Waals surface area contributed by atoms with Gasteiger partial charge in [0.2, 0.25) is 0 Å². The molecule has 3 nitrogen and oxygen atoms in total. The van der Waals surface area contributed by atoms with Crippen molar-refractivity contribution in [1.82, 2.24) is 4.98 Å². The maximum absolute atomic E-state index is 12.0. The molecular weight excluding hydrogens is 316 g/mol. The predicted octanol–water partition coefficient (Wildman–Crippen LogP) is 4.06. The highest BCUT2D eigenvalue weighted by atomic mass is 79.9. The summed E-state index contributed by atoms with van der Waals surface area (Å²) in [5, 5.41) is 3.40. The third-order valence-electron chi connectivity index (χ3n) is 2.43. The number of benzene rings is 1. The number of aromatic nitrogens is 1. The summed E-state index contributed by atoms with van der Waals surface area (Å²) in [5.41, 5.74) is 2.11. The van der Waals surface area contributed by atoms with Crippen LogP contribution in [0, 0.1) is 6.92 Å². The number of anilines is 1. The smallest absolute Gasteiger partial charge is 0.258 e. The second-order valence-electron chi connectivity index (χ2n) is 3.76. The SMILES string of the molecule is Cc1ccc(NC(=O)c2cccnc2Br)cc1Cl. The Bertz CT molecular complexity index is 601. The van der Waals surface area contributed by atoms with E-state index in [0.29, 0.717) is 20.9 Å². The zero-order chi connectivity index (χ0) is 13.1. The molecule has 0 saturated heterocycles. The summed E-state index contributed by atoms with van der Waals surface area (Å²) in [4.78, 5) is 16.0. The van der Waals surface area contributed by atoms with Crippen molar-refractivity contribution in [2.45, 2.75) is 6.92 Å². The van der Waals surface area contributed by atoms with Gasteiger partial charge >= 0.3 is 0 Å². The molecule has 0 unspecified atom stereocenters. The average Bonchev–Trinajstić information content (AvgIpc) is 2.34.